The zero-order valence-corrected chi connectivity index (χ0v) is 8.65. The molecule has 2 rings (SSSR count). The lowest BCUT2D eigenvalue weighted by Gasteiger charge is -2.50. The molecule has 0 amide bonds. The van der Waals surface area contributed by atoms with Crippen LogP contribution in [0.5, 0.6) is 0 Å². The highest BCUT2D eigenvalue weighted by molar-refractivity contribution is 5.89. The van der Waals surface area contributed by atoms with E-state index in [1.54, 1.807) is 0 Å². The molecule has 2 atom stereocenters. The Morgan fingerprint density at radius 2 is 1.92 bits per heavy atom. The molecule has 0 heterocycles. The lowest BCUT2D eigenvalue weighted by molar-refractivity contribution is -0.131. The molecule has 0 aliphatic heterocycles. The second-order valence-corrected chi connectivity index (χ2v) is 5.15. The highest BCUT2D eigenvalue weighted by Crippen LogP contribution is 2.56. The van der Waals surface area contributed by atoms with Crippen molar-refractivity contribution in [3.8, 4) is 0 Å². The van der Waals surface area contributed by atoms with Crippen molar-refractivity contribution in [2.45, 2.75) is 46.0 Å². The first-order valence-corrected chi connectivity index (χ1v) is 5.22. The Labute approximate surface area is 80.2 Å². The maximum absolute atomic E-state index is 11.8. The first-order chi connectivity index (χ1) is 5.99. The lowest BCUT2D eigenvalue weighted by Crippen LogP contribution is -2.45. The largest absolute Gasteiger partial charge is 0.299 e. The second-order valence-electron chi connectivity index (χ2n) is 5.15. The molecule has 1 nitrogen and oxygen atoms in total. The molecular formula is C12H18O. The fourth-order valence-corrected chi connectivity index (χ4v) is 3.05. The number of hydrogen-bond acceptors (Lipinski definition) is 1. The minimum absolute atomic E-state index is 0.175. The van der Waals surface area contributed by atoms with Gasteiger partial charge in [-0.25, -0.2) is 0 Å². The number of hydrogen-bond donors (Lipinski definition) is 0. The van der Waals surface area contributed by atoms with Crippen molar-refractivity contribution in [2.24, 2.45) is 10.8 Å². The molecule has 2 saturated carbocycles. The smallest absolute Gasteiger partial charge is 0.142 e. The van der Waals surface area contributed by atoms with E-state index in [1.807, 2.05) is 0 Å². The van der Waals surface area contributed by atoms with Crippen molar-refractivity contribution in [2.75, 3.05) is 0 Å². The number of rotatable bonds is 0. The Morgan fingerprint density at radius 1 is 1.23 bits per heavy atom. The average Bonchev–Trinajstić information content (AvgIpc) is 2.08. The van der Waals surface area contributed by atoms with Gasteiger partial charge in [0.25, 0.3) is 0 Å². The first-order valence-electron chi connectivity index (χ1n) is 5.22. The van der Waals surface area contributed by atoms with Gasteiger partial charge in [0.15, 0.2) is 0 Å². The summed E-state index contributed by atoms with van der Waals surface area (Å²) >= 11 is 0. The number of carbonyl (C=O) groups is 1. The molecule has 2 aliphatic rings. The van der Waals surface area contributed by atoms with E-state index in [1.165, 1.54) is 18.4 Å². The van der Waals surface area contributed by atoms with Gasteiger partial charge < -0.3 is 0 Å². The summed E-state index contributed by atoms with van der Waals surface area (Å²) in [5.41, 5.74) is 1.30. The third-order valence-corrected chi connectivity index (χ3v) is 4.32. The van der Waals surface area contributed by atoms with Crippen LogP contribution in [0.15, 0.2) is 12.2 Å². The molecule has 1 heteroatoms. The van der Waals surface area contributed by atoms with Crippen LogP contribution in [0.2, 0.25) is 0 Å². The summed E-state index contributed by atoms with van der Waals surface area (Å²) in [4.78, 5) is 11.8. The number of allylic oxidation sites excluding steroid dienone is 1. The van der Waals surface area contributed by atoms with Crippen LogP contribution in [0.1, 0.15) is 46.0 Å². The van der Waals surface area contributed by atoms with Crippen LogP contribution in [0.25, 0.3) is 0 Å². The molecular weight excluding hydrogens is 160 g/mol. The minimum atomic E-state index is -0.175. The fraction of sp³-hybridized carbons (Fsp3) is 0.750. The summed E-state index contributed by atoms with van der Waals surface area (Å²) in [6.45, 7) is 8.54. The highest BCUT2D eigenvalue weighted by atomic mass is 16.1. The molecule has 2 bridgehead atoms. The van der Waals surface area contributed by atoms with Crippen molar-refractivity contribution >= 4 is 5.78 Å². The SMILES string of the molecule is C=C1C2(C)CCCC1(C)C(=O)CC2. The Hall–Kier alpha value is -0.590. The predicted molar refractivity (Wildman–Crippen MR) is 53.4 cm³/mol. The zero-order valence-electron chi connectivity index (χ0n) is 8.65. The van der Waals surface area contributed by atoms with Crippen molar-refractivity contribution in [1.82, 2.24) is 0 Å². The molecule has 0 spiro atoms. The van der Waals surface area contributed by atoms with Gasteiger partial charge in [-0.05, 0) is 31.6 Å². The molecule has 2 unspecified atom stereocenters. The Bertz CT molecular complexity index is 279. The number of ketones is 1. The summed E-state index contributed by atoms with van der Waals surface area (Å²) in [7, 11) is 0. The summed E-state index contributed by atoms with van der Waals surface area (Å²) in [5.74, 6) is 0.426. The van der Waals surface area contributed by atoms with Crippen molar-refractivity contribution < 1.29 is 4.79 Å². The van der Waals surface area contributed by atoms with Gasteiger partial charge in [0.05, 0.1) is 0 Å². The molecule has 0 saturated heterocycles. The van der Waals surface area contributed by atoms with Crippen molar-refractivity contribution in [3.05, 3.63) is 12.2 Å². The van der Waals surface area contributed by atoms with Gasteiger partial charge in [0, 0.05) is 11.8 Å². The predicted octanol–water partition coefficient (Wildman–Crippen LogP) is 3.10. The quantitative estimate of drug-likeness (QED) is 0.521. The Kier molecular flexibility index (Phi) is 1.70. The number of fused-ring (bicyclic) bond motifs is 2. The summed E-state index contributed by atoms with van der Waals surface area (Å²) in [6, 6.07) is 0. The third kappa shape index (κ3) is 1.02. The van der Waals surface area contributed by atoms with Crippen LogP contribution < -0.4 is 0 Å². The maximum Gasteiger partial charge on any atom is 0.142 e. The third-order valence-electron chi connectivity index (χ3n) is 4.32. The molecule has 72 valence electrons. The molecule has 13 heavy (non-hydrogen) atoms. The van der Waals surface area contributed by atoms with Crippen molar-refractivity contribution in [3.63, 3.8) is 0 Å². The van der Waals surface area contributed by atoms with E-state index in [4.69, 9.17) is 0 Å². The molecule has 2 aliphatic carbocycles. The molecule has 0 aromatic carbocycles. The summed E-state index contributed by atoms with van der Waals surface area (Å²) < 4.78 is 0. The Morgan fingerprint density at radius 3 is 2.54 bits per heavy atom. The van der Waals surface area contributed by atoms with E-state index in [2.05, 4.69) is 20.4 Å². The van der Waals surface area contributed by atoms with Gasteiger partial charge in [-0.2, -0.15) is 0 Å². The van der Waals surface area contributed by atoms with Crippen LogP contribution in [0.4, 0.5) is 0 Å². The molecule has 0 N–H and O–H groups in total. The van der Waals surface area contributed by atoms with Gasteiger partial charge in [0.2, 0.25) is 0 Å². The van der Waals surface area contributed by atoms with Crippen LogP contribution >= 0.6 is 0 Å². The second kappa shape index (κ2) is 2.46. The van der Waals surface area contributed by atoms with Gasteiger partial charge >= 0.3 is 0 Å². The van der Waals surface area contributed by atoms with Gasteiger partial charge in [-0.1, -0.05) is 25.5 Å². The maximum atomic E-state index is 11.8. The normalized spacial score (nSPS) is 45.1. The molecule has 0 aromatic rings. The average molecular weight is 178 g/mol. The molecule has 2 fully saturated rings. The van der Waals surface area contributed by atoms with Gasteiger partial charge in [-0.15, -0.1) is 0 Å². The van der Waals surface area contributed by atoms with Gasteiger partial charge in [-0.3, -0.25) is 4.79 Å². The molecule has 0 aromatic heterocycles. The van der Waals surface area contributed by atoms with Crippen LogP contribution in [0, 0.1) is 10.8 Å². The fourth-order valence-electron chi connectivity index (χ4n) is 3.05. The van der Waals surface area contributed by atoms with E-state index < -0.39 is 0 Å². The minimum Gasteiger partial charge on any atom is -0.299 e. The van der Waals surface area contributed by atoms with E-state index in [0.29, 0.717) is 5.78 Å². The topological polar surface area (TPSA) is 17.1 Å². The van der Waals surface area contributed by atoms with E-state index in [-0.39, 0.29) is 10.8 Å². The van der Waals surface area contributed by atoms with Crippen molar-refractivity contribution in [1.29, 1.82) is 0 Å². The molecule has 0 radical (unpaired) electrons. The van der Waals surface area contributed by atoms with E-state index >= 15 is 0 Å². The number of carbonyl (C=O) groups excluding carboxylic acids is 1. The van der Waals surface area contributed by atoms with Crippen LogP contribution in [-0.2, 0) is 4.79 Å². The summed E-state index contributed by atoms with van der Waals surface area (Å²) in [6.07, 6.45) is 5.25. The lowest BCUT2D eigenvalue weighted by atomic mass is 9.53. The van der Waals surface area contributed by atoms with E-state index in [9.17, 15) is 4.79 Å². The standard InChI is InChI=1S/C12H18O/c1-9-11(2)6-4-7-12(9,3)10(13)5-8-11/h1,4-8H2,2-3H3. The Balaban J connectivity index is 2.43. The summed E-state index contributed by atoms with van der Waals surface area (Å²) in [5, 5.41) is 0. The number of Topliss-reactive ketones (excluding diaryl/α,β-unsaturated/α-hetero) is 1. The monoisotopic (exact) mass is 178 g/mol. The highest BCUT2D eigenvalue weighted by Gasteiger charge is 2.50. The first kappa shape index (κ1) is 8.98. The van der Waals surface area contributed by atoms with Gasteiger partial charge in [0.1, 0.15) is 5.78 Å². The zero-order chi connectivity index (χ0) is 9.69. The van der Waals surface area contributed by atoms with E-state index in [0.717, 1.165) is 19.3 Å². The van der Waals surface area contributed by atoms with Crippen LogP contribution in [-0.4, -0.2) is 5.78 Å². The van der Waals surface area contributed by atoms with Crippen LogP contribution in [0.3, 0.4) is 0 Å².